The van der Waals surface area contributed by atoms with E-state index in [9.17, 15) is 4.79 Å². The van der Waals surface area contributed by atoms with Crippen LogP contribution in [-0.2, 0) is 0 Å². The third-order valence-electron chi connectivity index (χ3n) is 4.20. The molecule has 0 radical (unpaired) electrons. The van der Waals surface area contributed by atoms with Gasteiger partial charge in [-0.3, -0.25) is 4.79 Å². The summed E-state index contributed by atoms with van der Waals surface area (Å²) in [7, 11) is 0. The van der Waals surface area contributed by atoms with Crippen molar-refractivity contribution in [2.45, 2.75) is 18.9 Å². The Balaban J connectivity index is 1.62. The Bertz CT molecular complexity index is 683. The SMILES string of the molecule is O=C(c1cccs1)N1CCCC1c1ccc2c(c1)OCCO2. The van der Waals surface area contributed by atoms with Gasteiger partial charge in [0.2, 0.25) is 0 Å². The van der Waals surface area contributed by atoms with Crippen LogP contribution in [0.1, 0.15) is 34.1 Å². The van der Waals surface area contributed by atoms with Gasteiger partial charge >= 0.3 is 0 Å². The van der Waals surface area contributed by atoms with Gasteiger partial charge in [-0.2, -0.15) is 0 Å². The van der Waals surface area contributed by atoms with E-state index in [0.29, 0.717) is 13.2 Å². The first-order chi connectivity index (χ1) is 10.8. The quantitative estimate of drug-likeness (QED) is 0.851. The molecule has 1 fully saturated rings. The fraction of sp³-hybridized carbons (Fsp3) is 0.353. The van der Waals surface area contributed by atoms with Crippen LogP contribution in [0.2, 0.25) is 0 Å². The number of amides is 1. The van der Waals surface area contributed by atoms with Gasteiger partial charge in [-0.1, -0.05) is 12.1 Å². The van der Waals surface area contributed by atoms with Crippen molar-refractivity contribution in [2.75, 3.05) is 19.8 Å². The van der Waals surface area contributed by atoms with Crippen LogP contribution in [0.25, 0.3) is 0 Å². The summed E-state index contributed by atoms with van der Waals surface area (Å²) in [5, 5.41) is 1.95. The highest BCUT2D eigenvalue weighted by Crippen LogP contribution is 2.38. The maximum Gasteiger partial charge on any atom is 0.264 e. The van der Waals surface area contributed by atoms with E-state index >= 15 is 0 Å². The Morgan fingerprint density at radius 1 is 1.18 bits per heavy atom. The van der Waals surface area contributed by atoms with Crippen molar-refractivity contribution in [3.63, 3.8) is 0 Å². The van der Waals surface area contributed by atoms with E-state index in [0.717, 1.165) is 41.3 Å². The van der Waals surface area contributed by atoms with Crippen LogP contribution in [-0.4, -0.2) is 30.6 Å². The number of hydrogen-bond acceptors (Lipinski definition) is 4. The van der Waals surface area contributed by atoms with Gasteiger partial charge in [0.25, 0.3) is 5.91 Å². The molecule has 1 aromatic carbocycles. The van der Waals surface area contributed by atoms with E-state index in [-0.39, 0.29) is 11.9 Å². The van der Waals surface area contributed by atoms with Gasteiger partial charge in [-0.25, -0.2) is 0 Å². The number of fused-ring (bicyclic) bond motifs is 1. The van der Waals surface area contributed by atoms with Crippen LogP contribution >= 0.6 is 11.3 Å². The summed E-state index contributed by atoms with van der Waals surface area (Å²) in [5.74, 6) is 1.72. The van der Waals surface area contributed by atoms with Gasteiger partial charge in [-0.15, -0.1) is 11.3 Å². The summed E-state index contributed by atoms with van der Waals surface area (Å²) in [6.07, 6.45) is 2.03. The number of carbonyl (C=O) groups excluding carboxylic acids is 1. The predicted molar refractivity (Wildman–Crippen MR) is 84.8 cm³/mol. The highest BCUT2D eigenvalue weighted by molar-refractivity contribution is 7.12. The molecule has 1 unspecified atom stereocenters. The zero-order valence-corrected chi connectivity index (χ0v) is 13.0. The molecule has 114 valence electrons. The number of benzene rings is 1. The zero-order valence-electron chi connectivity index (χ0n) is 12.2. The van der Waals surface area contributed by atoms with Gasteiger partial charge in [0.05, 0.1) is 10.9 Å². The van der Waals surface area contributed by atoms with Gasteiger partial charge in [0.15, 0.2) is 11.5 Å². The largest absolute Gasteiger partial charge is 0.486 e. The molecule has 1 aromatic heterocycles. The summed E-state index contributed by atoms with van der Waals surface area (Å²) in [6, 6.07) is 9.98. The number of nitrogens with zero attached hydrogens (tertiary/aromatic N) is 1. The van der Waals surface area contributed by atoms with Crippen LogP contribution in [0, 0.1) is 0 Å². The van der Waals surface area contributed by atoms with E-state index in [1.807, 2.05) is 34.5 Å². The Morgan fingerprint density at radius 3 is 2.86 bits per heavy atom. The first-order valence-corrected chi connectivity index (χ1v) is 8.45. The zero-order chi connectivity index (χ0) is 14.9. The molecular formula is C17H17NO3S. The number of rotatable bonds is 2. The minimum Gasteiger partial charge on any atom is -0.486 e. The lowest BCUT2D eigenvalue weighted by atomic mass is 10.0. The summed E-state index contributed by atoms with van der Waals surface area (Å²) in [4.78, 5) is 15.5. The number of carbonyl (C=O) groups is 1. The highest BCUT2D eigenvalue weighted by Gasteiger charge is 2.31. The molecule has 3 heterocycles. The van der Waals surface area contributed by atoms with Gasteiger partial charge < -0.3 is 14.4 Å². The van der Waals surface area contributed by atoms with Crippen LogP contribution in [0.15, 0.2) is 35.7 Å². The highest BCUT2D eigenvalue weighted by atomic mass is 32.1. The molecule has 1 saturated heterocycles. The van der Waals surface area contributed by atoms with Crippen LogP contribution in [0.3, 0.4) is 0 Å². The average molecular weight is 315 g/mol. The third kappa shape index (κ3) is 2.35. The molecule has 1 atom stereocenters. The number of thiophene rings is 1. The first kappa shape index (κ1) is 13.6. The van der Waals surface area contributed by atoms with Crippen LogP contribution < -0.4 is 9.47 Å². The molecule has 22 heavy (non-hydrogen) atoms. The second-order valence-electron chi connectivity index (χ2n) is 5.54. The maximum atomic E-state index is 12.7. The van der Waals surface area contributed by atoms with E-state index in [4.69, 9.17) is 9.47 Å². The second kappa shape index (κ2) is 5.65. The lowest BCUT2D eigenvalue weighted by molar-refractivity contribution is 0.0740. The molecule has 0 bridgehead atoms. The Morgan fingerprint density at radius 2 is 2.05 bits per heavy atom. The maximum absolute atomic E-state index is 12.7. The second-order valence-corrected chi connectivity index (χ2v) is 6.48. The van der Waals surface area contributed by atoms with Crippen molar-refractivity contribution >= 4 is 17.2 Å². The fourth-order valence-electron chi connectivity index (χ4n) is 3.17. The number of hydrogen-bond donors (Lipinski definition) is 0. The van der Waals surface area contributed by atoms with Gasteiger partial charge in [-0.05, 0) is 42.0 Å². The summed E-state index contributed by atoms with van der Waals surface area (Å²) < 4.78 is 11.2. The minimum absolute atomic E-state index is 0.130. The molecule has 0 spiro atoms. The molecule has 4 nitrogen and oxygen atoms in total. The number of ether oxygens (including phenoxy) is 2. The first-order valence-electron chi connectivity index (χ1n) is 7.57. The molecule has 0 N–H and O–H groups in total. The fourth-order valence-corrected chi connectivity index (χ4v) is 3.84. The Kier molecular flexibility index (Phi) is 3.50. The molecule has 2 aliphatic heterocycles. The van der Waals surface area contributed by atoms with E-state index in [1.54, 1.807) is 0 Å². The molecule has 5 heteroatoms. The van der Waals surface area contributed by atoms with Crippen molar-refractivity contribution in [1.82, 2.24) is 4.90 Å². The minimum atomic E-state index is 0.130. The molecule has 2 aliphatic rings. The molecule has 4 rings (SSSR count). The topological polar surface area (TPSA) is 38.8 Å². The summed E-state index contributed by atoms with van der Waals surface area (Å²) in [5.41, 5.74) is 1.13. The van der Waals surface area contributed by atoms with Crippen molar-refractivity contribution in [2.24, 2.45) is 0 Å². The number of likely N-dealkylation sites (tertiary alicyclic amines) is 1. The van der Waals surface area contributed by atoms with Crippen molar-refractivity contribution in [3.05, 3.63) is 46.2 Å². The van der Waals surface area contributed by atoms with E-state index < -0.39 is 0 Å². The molecule has 0 saturated carbocycles. The monoisotopic (exact) mass is 315 g/mol. The van der Waals surface area contributed by atoms with E-state index in [1.165, 1.54) is 11.3 Å². The van der Waals surface area contributed by atoms with Crippen LogP contribution in [0.5, 0.6) is 11.5 Å². The Labute approximate surface area is 133 Å². The average Bonchev–Trinajstić information content (AvgIpc) is 3.25. The smallest absolute Gasteiger partial charge is 0.264 e. The summed E-state index contributed by atoms with van der Waals surface area (Å²) in [6.45, 7) is 1.99. The Hall–Kier alpha value is -2.01. The molecule has 0 aliphatic carbocycles. The molecular weight excluding hydrogens is 298 g/mol. The normalized spacial score (nSPS) is 20.2. The third-order valence-corrected chi connectivity index (χ3v) is 5.05. The van der Waals surface area contributed by atoms with Crippen LogP contribution in [0.4, 0.5) is 0 Å². The summed E-state index contributed by atoms with van der Waals surface area (Å²) >= 11 is 1.50. The van der Waals surface area contributed by atoms with Gasteiger partial charge in [0.1, 0.15) is 13.2 Å². The lowest BCUT2D eigenvalue weighted by Gasteiger charge is -2.26. The van der Waals surface area contributed by atoms with Crippen molar-refractivity contribution in [3.8, 4) is 11.5 Å². The van der Waals surface area contributed by atoms with Crippen molar-refractivity contribution < 1.29 is 14.3 Å². The standard InChI is InChI=1S/C17H17NO3S/c19-17(16-4-2-10-22-16)18-7-1-3-13(18)12-5-6-14-15(11-12)21-9-8-20-14/h2,4-6,10-11,13H,1,3,7-9H2. The lowest BCUT2D eigenvalue weighted by Crippen LogP contribution is -2.30. The van der Waals surface area contributed by atoms with Crippen molar-refractivity contribution in [1.29, 1.82) is 0 Å². The van der Waals surface area contributed by atoms with E-state index in [2.05, 4.69) is 6.07 Å². The molecule has 2 aromatic rings. The van der Waals surface area contributed by atoms with Gasteiger partial charge in [0, 0.05) is 6.54 Å². The predicted octanol–water partition coefficient (Wildman–Crippen LogP) is 3.50. The molecule has 1 amide bonds.